The van der Waals surface area contributed by atoms with E-state index in [0.717, 1.165) is 47.4 Å². The number of carbonyl (C=O) groups is 1. The van der Waals surface area contributed by atoms with Gasteiger partial charge in [0.15, 0.2) is 0 Å². The molecule has 2 aromatic carbocycles. The number of benzene rings is 2. The van der Waals surface area contributed by atoms with Gasteiger partial charge in [-0.2, -0.15) is 4.98 Å². The summed E-state index contributed by atoms with van der Waals surface area (Å²) in [5.41, 5.74) is 2.90. The molecule has 9 nitrogen and oxygen atoms in total. The average Bonchev–Trinajstić information content (AvgIpc) is 3.21. The number of nitrogens with one attached hydrogen (secondary N) is 5. The first kappa shape index (κ1) is 22.7. The number of para-hydroxylation sites is 2. The number of fused-ring (bicyclic) bond motifs is 2. The lowest BCUT2D eigenvalue weighted by atomic mass is 10.0. The number of rotatable bonds is 5. The van der Waals surface area contributed by atoms with Crippen molar-refractivity contribution in [3.63, 3.8) is 0 Å². The van der Waals surface area contributed by atoms with Gasteiger partial charge >= 0.3 is 0 Å². The predicted octanol–water partition coefficient (Wildman–Crippen LogP) is 3.58. The summed E-state index contributed by atoms with van der Waals surface area (Å²) in [6.07, 6.45) is 2.95. The van der Waals surface area contributed by atoms with Crippen LogP contribution in [0.3, 0.4) is 0 Å². The Hall–Kier alpha value is -3.76. The summed E-state index contributed by atoms with van der Waals surface area (Å²) in [5.74, 6) is 0.776. The lowest BCUT2D eigenvalue weighted by molar-refractivity contribution is -0.116. The van der Waals surface area contributed by atoms with Gasteiger partial charge in [0.2, 0.25) is 11.9 Å². The van der Waals surface area contributed by atoms with E-state index in [1.807, 2.05) is 48.5 Å². The average molecular weight is 502 g/mol. The van der Waals surface area contributed by atoms with Gasteiger partial charge in [-0.1, -0.05) is 30.3 Å². The molecule has 10 heteroatoms. The van der Waals surface area contributed by atoms with E-state index in [4.69, 9.17) is 9.97 Å². The van der Waals surface area contributed by atoms with E-state index >= 15 is 0 Å². The number of aromatic amines is 1. The molecule has 0 radical (unpaired) electrons. The summed E-state index contributed by atoms with van der Waals surface area (Å²) >= 11 is 1.48. The van der Waals surface area contributed by atoms with E-state index in [1.165, 1.54) is 11.3 Å². The molecule has 1 saturated heterocycles. The first-order valence-corrected chi connectivity index (χ1v) is 13.1. The summed E-state index contributed by atoms with van der Waals surface area (Å²) in [7, 11) is 0. The number of thiazole rings is 1. The van der Waals surface area contributed by atoms with E-state index in [1.54, 1.807) is 0 Å². The third-order valence-electron chi connectivity index (χ3n) is 6.60. The number of anilines is 3. The molecule has 184 valence electrons. The fraction of sp³-hybridized carbons (Fsp3) is 0.308. The minimum absolute atomic E-state index is 0.0717. The molecule has 36 heavy (non-hydrogen) atoms. The largest absolute Gasteiger partial charge is 0.365 e. The number of hydrogen-bond acceptors (Lipinski definition) is 8. The summed E-state index contributed by atoms with van der Waals surface area (Å²) < 4.78 is 1.02. The standard InChI is InChI=1S/C26H27N7O2S/c34-21-13-17(12-15-6-1-2-8-18(15)30-21)29-26-32-23(28-16-7-5-11-27-14-16)22(24(35)33-26)25-31-19-9-3-4-10-20(19)36-25/h1-4,6,8-10,16-17,27H,5,7,11-14H2,(H,30,34)(H3,28,29,32,33,35)/t16-,17-/m1/s1. The molecule has 6 rings (SSSR count). The van der Waals surface area contributed by atoms with E-state index in [9.17, 15) is 9.59 Å². The number of carbonyl (C=O) groups excluding carboxylic acids is 1. The molecule has 2 aliphatic heterocycles. The molecule has 2 atom stereocenters. The number of H-pyrrole nitrogens is 1. The maximum absolute atomic E-state index is 13.4. The normalized spacial score (nSPS) is 19.8. The smallest absolute Gasteiger partial charge is 0.264 e. The summed E-state index contributed by atoms with van der Waals surface area (Å²) in [5, 5.41) is 13.8. The van der Waals surface area contributed by atoms with Gasteiger partial charge in [0.25, 0.3) is 5.56 Å². The fourth-order valence-electron chi connectivity index (χ4n) is 4.87. The van der Waals surface area contributed by atoms with Crippen LogP contribution >= 0.6 is 11.3 Å². The third kappa shape index (κ3) is 4.69. The molecule has 2 aliphatic rings. The van der Waals surface area contributed by atoms with Gasteiger partial charge in [-0.05, 0) is 49.6 Å². The van der Waals surface area contributed by atoms with Crippen molar-refractivity contribution in [2.75, 3.05) is 29.0 Å². The molecule has 0 bridgehead atoms. The number of piperidine rings is 1. The van der Waals surface area contributed by atoms with E-state index in [-0.39, 0.29) is 30.0 Å². The molecular formula is C26H27N7O2S. The lowest BCUT2D eigenvalue weighted by Crippen LogP contribution is -2.39. The van der Waals surface area contributed by atoms with Crippen molar-refractivity contribution in [3.05, 3.63) is 64.4 Å². The van der Waals surface area contributed by atoms with Crippen LogP contribution in [0.4, 0.5) is 17.5 Å². The fourth-order valence-corrected chi connectivity index (χ4v) is 5.88. The molecule has 1 fully saturated rings. The highest BCUT2D eigenvalue weighted by molar-refractivity contribution is 7.21. The Morgan fingerprint density at radius 3 is 2.67 bits per heavy atom. The van der Waals surface area contributed by atoms with Crippen molar-refractivity contribution in [3.8, 4) is 10.6 Å². The number of nitrogens with zero attached hydrogens (tertiary/aromatic N) is 2. The van der Waals surface area contributed by atoms with Crippen LogP contribution < -0.4 is 26.8 Å². The van der Waals surface area contributed by atoms with Crippen molar-refractivity contribution in [2.45, 2.75) is 37.8 Å². The zero-order valence-corrected chi connectivity index (χ0v) is 20.5. The van der Waals surface area contributed by atoms with Crippen LogP contribution in [0, 0.1) is 0 Å². The zero-order chi connectivity index (χ0) is 24.5. The lowest BCUT2D eigenvalue weighted by Gasteiger charge is -2.25. The van der Waals surface area contributed by atoms with Crippen molar-refractivity contribution in [2.24, 2.45) is 0 Å². The molecule has 0 unspecified atom stereocenters. The maximum Gasteiger partial charge on any atom is 0.264 e. The quantitative estimate of drug-likeness (QED) is 0.283. The van der Waals surface area contributed by atoms with Crippen LogP contribution in [-0.2, 0) is 11.2 Å². The number of hydrogen-bond donors (Lipinski definition) is 5. The second-order valence-corrected chi connectivity index (χ2v) is 10.3. The first-order valence-electron chi connectivity index (χ1n) is 12.2. The Balaban J connectivity index is 1.36. The Morgan fingerprint density at radius 2 is 1.81 bits per heavy atom. The maximum atomic E-state index is 13.4. The van der Waals surface area contributed by atoms with Crippen LogP contribution in [0.5, 0.6) is 0 Å². The van der Waals surface area contributed by atoms with E-state index in [0.29, 0.717) is 28.8 Å². The highest BCUT2D eigenvalue weighted by Gasteiger charge is 2.25. The second-order valence-electron chi connectivity index (χ2n) is 9.27. The third-order valence-corrected chi connectivity index (χ3v) is 7.65. The Labute approximate surface area is 211 Å². The van der Waals surface area contributed by atoms with Crippen molar-refractivity contribution in [1.82, 2.24) is 20.3 Å². The minimum Gasteiger partial charge on any atom is -0.365 e. The van der Waals surface area contributed by atoms with Gasteiger partial charge in [0.1, 0.15) is 16.4 Å². The Kier molecular flexibility index (Phi) is 6.12. The molecule has 1 amide bonds. The van der Waals surface area contributed by atoms with Gasteiger partial charge in [-0.15, -0.1) is 11.3 Å². The van der Waals surface area contributed by atoms with Crippen LogP contribution in [0.15, 0.2) is 53.3 Å². The number of amides is 1. The number of aromatic nitrogens is 3. The summed E-state index contributed by atoms with van der Waals surface area (Å²) in [6.45, 7) is 1.79. The summed E-state index contributed by atoms with van der Waals surface area (Å²) in [4.78, 5) is 38.4. The Bertz CT molecular complexity index is 1440. The van der Waals surface area contributed by atoms with Crippen LogP contribution in [-0.4, -0.2) is 46.0 Å². The Morgan fingerprint density at radius 1 is 0.944 bits per heavy atom. The SMILES string of the molecule is O=C1C[C@H](Nc2nc(N[C@@H]3CCCNC3)c(-c3nc4ccccc4s3)c(=O)[nH]2)Cc2ccccc2N1. The minimum atomic E-state index is -0.267. The van der Waals surface area contributed by atoms with E-state index < -0.39 is 0 Å². The van der Waals surface area contributed by atoms with Crippen molar-refractivity contribution in [1.29, 1.82) is 0 Å². The molecule has 2 aromatic heterocycles. The molecule has 4 aromatic rings. The summed E-state index contributed by atoms with van der Waals surface area (Å²) in [6, 6.07) is 15.6. The van der Waals surface area contributed by atoms with Crippen LogP contribution in [0.25, 0.3) is 20.8 Å². The van der Waals surface area contributed by atoms with Crippen molar-refractivity contribution >= 4 is 44.9 Å². The molecule has 0 spiro atoms. The molecule has 5 N–H and O–H groups in total. The predicted molar refractivity (Wildman–Crippen MR) is 144 cm³/mol. The van der Waals surface area contributed by atoms with E-state index in [2.05, 4.69) is 26.3 Å². The van der Waals surface area contributed by atoms with Crippen LogP contribution in [0.2, 0.25) is 0 Å². The van der Waals surface area contributed by atoms with Crippen LogP contribution in [0.1, 0.15) is 24.8 Å². The second kappa shape index (κ2) is 9.71. The first-order chi connectivity index (χ1) is 17.6. The highest BCUT2D eigenvalue weighted by Crippen LogP contribution is 2.32. The monoisotopic (exact) mass is 501 g/mol. The van der Waals surface area contributed by atoms with Gasteiger partial charge in [0.05, 0.1) is 10.2 Å². The molecular weight excluding hydrogens is 474 g/mol. The topological polar surface area (TPSA) is 124 Å². The van der Waals surface area contributed by atoms with Gasteiger partial charge in [0, 0.05) is 30.7 Å². The van der Waals surface area contributed by atoms with Gasteiger partial charge in [-0.3, -0.25) is 14.6 Å². The highest BCUT2D eigenvalue weighted by atomic mass is 32.1. The zero-order valence-electron chi connectivity index (χ0n) is 19.6. The molecule has 0 aliphatic carbocycles. The van der Waals surface area contributed by atoms with Crippen molar-refractivity contribution < 1.29 is 4.79 Å². The van der Waals surface area contributed by atoms with Gasteiger partial charge in [-0.25, -0.2) is 4.98 Å². The molecule has 0 saturated carbocycles. The molecule has 4 heterocycles. The van der Waals surface area contributed by atoms with Gasteiger partial charge < -0.3 is 21.3 Å².